The summed E-state index contributed by atoms with van der Waals surface area (Å²) in [5.74, 6) is -1.27. The van der Waals surface area contributed by atoms with Gasteiger partial charge in [-0.15, -0.1) is 5.10 Å². The van der Waals surface area contributed by atoms with Crippen molar-refractivity contribution in [3.8, 4) is 0 Å². The van der Waals surface area contributed by atoms with Crippen LogP contribution in [0.5, 0.6) is 0 Å². The van der Waals surface area contributed by atoms with Gasteiger partial charge in [-0.25, -0.2) is 9.48 Å². The Bertz CT molecular complexity index is 650. The first-order valence-corrected chi connectivity index (χ1v) is 5.59. The monoisotopic (exact) mass is 285 g/mol. The molecule has 0 aliphatic carbocycles. The van der Waals surface area contributed by atoms with Crippen molar-refractivity contribution in [1.29, 1.82) is 0 Å². The lowest BCUT2D eigenvalue weighted by Crippen LogP contribution is -2.13. The third-order valence-corrected chi connectivity index (χ3v) is 2.83. The van der Waals surface area contributed by atoms with Gasteiger partial charge in [0, 0.05) is 0 Å². The van der Waals surface area contributed by atoms with Crippen LogP contribution >= 0.6 is 0 Å². The molecule has 2 rings (SSSR count). The van der Waals surface area contributed by atoms with Gasteiger partial charge in [-0.05, 0) is 18.6 Å². The van der Waals surface area contributed by atoms with Crippen molar-refractivity contribution in [2.45, 2.75) is 19.6 Å². The van der Waals surface area contributed by atoms with Crippen LogP contribution in [0.1, 0.15) is 27.3 Å². The first-order valence-electron chi connectivity index (χ1n) is 5.59. The van der Waals surface area contributed by atoms with Crippen LogP contribution in [0.4, 0.5) is 13.2 Å². The van der Waals surface area contributed by atoms with E-state index in [0.29, 0.717) is 0 Å². The highest BCUT2D eigenvalue weighted by Gasteiger charge is 2.33. The van der Waals surface area contributed by atoms with Crippen LogP contribution in [0.2, 0.25) is 0 Å². The maximum Gasteiger partial charge on any atom is 0.416 e. The molecule has 0 amide bonds. The molecule has 1 N–H and O–H groups in total. The molecule has 2 aromatic rings. The minimum atomic E-state index is -4.47. The van der Waals surface area contributed by atoms with E-state index in [4.69, 9.17) is 5.11 Å². The minimum absolute atomic E-state index is 0.00457. The number of nitrogens with zero attached hydrogens (tertiary/aromatic N) is 3. The van der Waals surface area contributed by atoms with Crippen LogP contribution in [-0.2, 0) is 12.7 Å². The number of halogens is 3. The molecule has 0 saturated heterocycles. The SMILES string of the molecule is Cc1c(C(=O)O)nnn1Cc1ccccc1C(F)(F)F. The predicted molar refractivity (Wildman–Crippen MR) is 62.3 cm³/mol. The van der Waals surface area contributed by atoms with Gasteiger partial charge < -0.3 is 5.11 Å². The fourth-order valence-corrected chi connectivity index (χ4v) is 1.80. The summed E-state index contributed by atoms with van der Waals surface area (Å²) in [5, 5.41) is 15.8. The van der Waals surface area contributed by atoms with Gasteiger partial charge in [0.05, 0.1) is 17.8 Å². The molecule has 0 fully saturated rings. The van der Waals surface area contributed by atoms with Crippen LogP contribution < -0.4 is 0 Å². The quantitative estimate of drug-likeness (QED) is 0.940. The molecule has 0 radical (unpaired) electrons. The summed E-state index contributed by atoms with van der Waals surface area (Å²) in [6, 6.07) is 5.07. The number of aromatic carboxylic acids is 1. The highest BCUT2D eigenvalue weighted by molar-refractivity contribution is 5.86. The molecule has 0 bridgehead atoms. The van der Waals surface area contributed by atoms with Crippen LogP contribution in [-0.4, -0.2) is 26.1 Å². The second-order valence-electron chi connectivity index (χ2n) is 4.14. The van der Waals surface area contributed by atoms with Gasteiger partial charge in [-0.3, -0.25) is 0 Å². The number of hydrogen-bond donors (Lipinski definition) is 1. The summed E-state index contributed by atoms with van der Waals surface area (Å²) in [6.07, 6.45) is -4.47. The number of alkyl halides is 3. The van der Waals surface area contributed by atoms with Gasteiger partial charge in [0.25, 0.3) is 0 Å². The number of aromatic nitrogens is 3. The average Bonchev–Trinajstić information content (AvgIpc) is 2.70. The third-order valence-electron chi connectivity index (χ3n) is 2.83. The van der Waals surface area contributed by atoms with Gasteiger partial charge in [0.2, 0.25) is 0 Å². The Kier molecular flexibility index (Phi) is 3.47. The van der Waals surface area contributed by atoms with Crippen molar-refractivity contribution in [3.05, 3.63) is 46.8 Å². The largest absolute Gasteiger partial charge is 0.476 e. The Morgan fingerprint density at radius 3 is 2.55 bits per heavy atom. The van der Waals surface area contributed by atoms with Gasteiger partial charge >= 0.3 is 12.1 Å². The third kappa shape index (κ3) is 2.63. The van der Waals surface area contributed by atoms with Crippen LogP contribution in [0.3, 0.4) is 0 Å². The second kappa shape index (κ2) is 4.95. The average molecular weight is 285 g/mol. The summed E-state index contributed by atoms with van der Waals surface area (Å²) in [6.45, 7) is 1.25. The van der Waals surface area contributed by atoms with Gasteiger partial charge in [-0.1, -0.05) is 23.4 Å². The molecular formula is C12H10F3N3O2. The zero-order valence-corrected chi connectivity index (χ0v) is 10.3. The molecule has 0 unspecified atom stereocenters. The summed E-state index contributed by atoms with van der Waals surface area (Å²) < 4.78 is 39.7. The number of carboxylic acids is 1. The number of rotatable bonds is 3. The molecule has 0 aliphatic heterocycles. The molecule has 20 heavy (non-hydrogen) atoms. The van der Waals surface area contributed by atoms with Crippen molar-refractivity contribution in [1.82, 2.24) is 15.0 Å². The molecule has 0 saturated carbocycles. The van der Waals surface area contributed by atoms with E-state index < -0.39 is 17.7 Å². The fraction of sp³-hybridized carbons (Fsp3) is 0.250. The fourth-order valence-electron chi connectivity index (χ4n) is 1.80. The Labute approximate surface area is 111 Å². The van der Waals surface area contributed by atoms with E-state index in [1.165, 1.54) is 25.1 Å². The molecule has 1 aromatic carbocycles. The molecule has 0 spiro atoms. The zero-order chi connectivity index (χ0) is 14.9. The highest BCUT2D eigenvalue weighted by Crippen LogP contribution is 2.32. The van der Waals surface area contributed by atoms with E-state index in [0.717, 1.165) is 10.7 Å². The number of carbonyl (C=O) groups is 1. The maximum atomic E-state index is 12.8. The number of carboxylic acid groups (broad SMARTS) is 1. The highest BCUT2D eigenvalue weighted by atomic mass is 19.4. The standard InChI is InChI=1S/C12H10F3N3O2/c1-7-10(11(19)20)16-17-18(7)6-8-4-2-3-5-9(8)12(13,14)15/h2-5H,6H2,1H3,(H,19,20). The van der Waals surface area contributed by atoms with E-state index in [9.17, 15) is 18.0 Å². The van der Waals surface area contributed by atoms with Crippen molar-refractivity contribution >= 4 is 5.97 Å². The summed E-state index contributed by atoms with van der Waals surface area (Å²) in [4.78, 5) is 10.8. The minimum Gasteiger partial charge on any atom is -0.476 e. The van der Waals surface area contributed by atoms with Crippen molar-refractivity contribution < 1.29 is 23.1 Å². The molecular weight excluding hydrogens is 275 g/mol. The van der Waals surface area contributed by atoms with E-state index in [1.54, 1.807) is 0 Å². The second-order valence-corrected chi connectivity index (χ2v) is 4.14. The molecule has 0 atom stereocenters. The zero-order valence-electron chi connectivity index (χ0n) is 10.3. The molecule has 0 aliphatic rings. The smallest absolute Gasteiger partial charge is 0.416 e. The predicted octanol–water partition coefficient (Wildman–Crippen LogP) is 2.35. The van der Waals surface area contributed by atoms with E-state index >= 15 is 0 Å². The maximum absolute atomic E-state index is 12.8. The number of hydrogen-bond acceptors (Lipinski definition) is 3. The lowest BCUT2D eigenvalue weighted by atomic mass is 10.1. The summed E-state index contributed by atoms with van der Waals surface area (Å²) >= 11 is 0. The van der Waals surface area contributed by atoms with E-state index in [1.807, 2.05) is 0 Å². The van der Waals surface area contributed by atoms with E-state index in [2.05, 4.69) is 10.3 Å². The van der Waals surface area contributed by atoms with Gasteiger partial charge in [0.15, 0.2) is 5.69 Å². The Morgan fingerprint density at radius 1 is 1.35 bits per heavy atom. The molecule has 1 heterocycles. The molecule has 5 nitrogen and oxygen atoms in total. The molecule has 8 heteroatoms. The summed E-state index contributed by atoms with van der Waals surface area (Å²) in [7, 11) is 0. The molecule has 1 aromatic heterocycles. The van der Waals surface area contributed by atoms with Crippen molar-refractivity contribution in [2.75, 3.05) is 0 Å². The first-order chi connectivity index (χ1) is 9.30. The molecule has 106 valence electrons. The first kappa shape index (κ1) is 14.0. The Balaban J connectivity index is 2.39. The van der Waals surface area contributed by atoms with Gasteiger partial charge in [0.1, 0.15) is 0 Å². The van der Waals surface area contributed by atoms with Crippen LogP contribution in [0, 0.1) is 6.92 Å². The lowest BCUT2D eigenvalue weighted by Gasteiger charge is -2.12. The van der Waals surface area contributed by atoms with Gasteiger partial charge in [-0.2, -0.15) is 13.2 Å². The number of benzene rings is 1. The van der Waals surface area contributed by atoms with Crippen LogP contribution in [0.15, 0.2) is 24.3 Å². The Hall–Kier alpha value is -2.38. The Morgan fingerprint density at radius 2 is 2.00 bits per heavy atom. The lowest BCUT2D eigenvalue weighted by molar-refractivity contribution is -0.138. The normalized spacial score (nSPS) is 11.6. The van der Waals surface area contributed by atoms with E-state index in [-0.39, 0.29) is 23.5 Å². The van der Waals surface area contributed by atoms with Crippen molar-refractivity contribution in [2.24, 2.45) is 0 Å². The summed E-state index contributed by atoms with van der Waals surface area (Å²) in [5.41, 5.74) is -0.833. The topological polar surface area (TPSA) is 68.0 Å². The van der Waals surface area contributed by atoms with Crippen molar-refractivity contribution in [3.63, 3.8) is 0 Å². The van der Waals surface area contributed by atoms with Crippen LogP contribution in [0.25, 0.3) is 0 Å².